The molecule has 0 saturated carbocycles. The van der Waals surface area contributed by atoms with Crippen molar-refractivity contribution in [2.45, 2.75) is 12.5 Å². The van der Waals surface area contributed by atoms with Crippen LogP contribution in [0.25, 0.3) is 0 Å². The Bertz CT molecular complexity index is 1060. The fourth-order valence-corrected chi connectivity index (χ4v) is 3.60. The number of nitrogens with one attached hydrogen (secondary N) is 2. The molecule has 3 heterocycles. The number of aromatic amines is 2. The van der Waals surface area contributed by atoms with Crippen LogP contribution >= 0.6 is 0 Å². The third-order valence-corrected chi connectivity index (χ3v) is 5.00. The van der Waals surface area contributed by atoms with Gasteiger partial charge in [-0.3, -0.25) is 24.7 Å². The molecule has 10 heteroatoms. The quantitative estimate of drug-likeness (QED) is 0.636. The van der Waals surface area contributed by atoms with Crippen LogP contribution in [-0.2, 0) is 6.42 Å². The summed E-state index contributed by atoms with van der Waals surface area (Å²) < 4.78 is 16.7. The lowest BCUT2D eigenvalue weighted by Gasteiger charge is -2.35. The van der Waals surface area contributed by atoms with Crippen molar-refractivity contribution in [3.63, 3.8) is 0 Å². The molecule has 10 nitrogen and oxygen atoms in total. The smallest absolute Gasteiger partial charge is 0.328 e. The first-order chi connectivity index (χ1) is 13.5. The zero-order chi connectivity index (χ0) is 19.8. The Labute approximate surface area is 159 Å². The van der Waals surface area contributed by atoms with E-state index in [1.54, 1.807) is 7.11 Å². The average Bonchev–Trinajstić information content (AvgIpc) is 3.11. The van der Waals surface area contributed by atoms with E-state index in [1.807, 2.05) is 13.1 Å². The zero-order valence-electron chi connectivity index (χ0n) is 15.4. The number of hydrogen-bond acceptors (Lipinski definition) is 8. The minimum Gasteiger partial charge on any atom is -0.494 e. The second-order valence-electron chi connectivity index (χ2n) is 6.63. The van der Waals surface area contributed by atoms with Crippen LogP contribution in [0.4, 0.5) is 0 Å². The van der Waals surface area contributed by atoms with Gasteiger partial charge in [-0.2, -0.15) is 0 Å². The highest BCUT2D eigenvalue weighted by Crippen LogP contribution is 2.49. The Morgan fingerprint density at radius 3 is 2.96 bits per heavy atom. The first-order valence-electron chi connectivity index (χ1n) is 8.74. The van der Waals surface area contributed by atoms with Gasteiger partial charge in [0.2, 0.25) is 18.4 Å². The Morgan fingerprint density at radius 1 is 1.39 bits per heavy atom. The summed E-state index contributed by atoms with van der Waals surface area (Å²) in [5.41, 5.74) is 0.488. The molecule has 2 aliphatic heterocycles. The number of methoxy groups -OCH3 is 1. The summed E-state index contributed by atoms with van der Waals surface area (Å²) in [6, 6.07) is 1.86. The van der Waals surface area contributed by atoms with Crippen LogP contribution in [0.1, 0.15) is 22.7 Å². The Kier molecular flexibility index (Phi) is 4.55. The molecule has 1 aromatic heterocycles. The van der Waals surface area contributed by atoms with Crippen molar-refractivity contribution in [2.24, 2.45) is 4.99 Å². The Balaban J connectivity index is 1.69. The van der Waals surface area contributed by atoms with E-state index >= 15 is 0 Å². The van der Waals surface area contributed by atoms with Gasteiger partial charge in [0.1, 0.15) is 5.56 Å². The van der Waals surface area contributed by atoms with Crippen molar-refractivity contribution in [1.82, 2.24) is 14.9 Å². The molecule has 1 atom stereocenters. The maximum atomic E-state index is 11.8. The lowest BCUT2D eigenvalue weighted by Crippen LogP contribution is -2.34. The number of fused-ring (bicyclic) bond motifs is 2. The molecule has 0 bridgehead atoms. The van der Waals surface area contributed by atoms with Gasteiger partial charge in [0.25, 0.3) is 5.56 Å². The molecule has 0 spiro atoms. The first-order valence-corrected chi connectivity index (χ1v) is 8.74. The van der Waals surface area contributed by atoms with Crippen molar-refractivity contribution in [2.75, 3.05) is 34.0 Å². The van der Waals surface area contributed by atoms with Gasteiger partial charge in [-0.05, 0) is 25.1 Å². The van der Waals surface area contributed by atoms with Crippen LogP contribution in [-0.4, -0.2) is 60.2 Å². The van der Waals surface area contributed by atoms with Gasteiger partial charge in [-0.15, -0.1) is 0 Å². The number of aliphatic imine (C=N–C) groups is 1. The highest BCUT2D eigenvalue weighted by atomic mass is 16.7. The standard InChI is InChI=1S/C18H20N4O6/c1-22-4-3-9-5-12-14(28-8-27-12)15(26-2)13(9)11(22)7-19-6-10-16(23)20-18(25)21-17(10)24/h5-6,11H,3-4,7-8H2,1-2H3,(H3,20,21,23,24,25)/t11-/m0/s1. The van der Waals surface area contributed by atoms with E-state index < -0.39 is 17.1 Å². The number of rotatable bonds is 4. The minimum absolute atomic E-state index is 0.101. The maximum absolute atomic E-state index is 11.8. The summed E-state index contributed by atoms with van der Waals surface area (Å²) in [5, 5.41) is 9.78. The van der Waals surface area contributed by atoms with E-state index in [4.69, 9.17) is 14.2 Å². The molecule has 2 aliphatic rings. The highest BCUT2D eigenvalue weighted by molar-refractivity contribution is 5.81. The monoisotopic (exact) mass is 388 g/mol. The maximum Gasteiger partial charge on any atom is 0.328 e. The van der Waals surface area contributed by atoms with E-state index in [-0.39, 0.29) is 18.4 Å². The molecule has 3 N–H and O–H groups in total. The Morgan fingerprint density at radius 2 is 2.21 bits per heavy atom. The minimum atomic E-state index is -0.776. The summed E-state index contributed by atoms with van der Waals surface area (Å²) in [4.78, 5) is 33.7. The van der Waals surface area contributed by atoms with Crippen molar-refractivity contribution in [3.05, 3.63) is 43.6 Å². The molecule has 2 aromatic rings. The van der Waals surface area contributed by atoms with Crippen molar-refractivity contribution < 1.29 is 19.3 Å². The molecule has 0 unspecified atom stereocenters. The van der Waals surface area contributed by atoms with E-state index in [1.165, 1.54) is 6.21 Å². The number of H-pyrrole nitrogens is 2. The fraction of sp³-hybridized carbons (Fsp3) is 0.389. The van der Waals surface area contributed by atoms with Crippen LogP contribution in [0.15, 0.2) is 20.6 Å². The van der Waals surface area contributed by atoms with Gasteiger partial charge in [0.05, 0.1) is 19.7 Å². The number of aromatic nitrogens is 2. The van der Waals surface area contributed by atoms with Crippen LogP contribution < -0.4 is 25.5 Å². The molecule has 0 amide bonds. The molecular formula is C18H20N4O6. The number of nitrogens with zero attached hydrogens (tertiary/aromatic N) is 2. The predicted molar refractivity (Wildman–Crippen MR) is 100 cm³/mol. The van der Waals surface area contributed by atoms with E-state index in [0.29, 0.717) is 23.8 Å². The van der Waals surface area contributed by atoms with Crippen molar-refractivity contribution in [1.29, 1.82) is 0 Å². The van der Waals surface area contributed by atoms with Crippen molar-refractivity contribution in [3.8, 4) is 23.1 Å². The predicted octanol–water partition coefficient (Wildman–Crippen LogP) is 0.154. The molecule has 28 heavy (non-hydrogen) atoms. The molecule has 148 valence electrons. The summed E-state index contributed by atoms with van der Waals surface area (Å²) in [5.74, 6) is 1.37. The second kappa shape index (κ2) is 7.04. The van der Waals surface area contributed by atoms with E-state index in [0.717, 1.165) is 24.1 Å². The van der Waals surface area contributed by atoms with Crippen LogP contribution in [0.3, 0.4) is 0 Å². The van der Waals surface area contributed by atoms with Gasteiger partial charge in [0.15, 0.2) is 11.5 Å². The number of ether oxygens (including phenoxy) is 3. The SMILES string of the molecule is COc1c2c(cc3c1[C@H](CN=Cc1c(O)[nH]c(=O)[nH]c1=O)N(C)CC3)OCO2. The number of aromatic hydroxyl groups is 1. The van der Waals surface area contributed by atoms with Gasteiger partial charge in [-0.1, -0.05) is 0 Å². The van der Waals surface area contributed by atoms with Gasteiger partial charge < -0.3 is 19.3 Å². The molecule has 0 radical (unpaired) electrons. The molecule has 4 rings (SSSR count). The number of hydrogen-bond donors (Lipinski definition) is 3. The normalized spacial score (nSPS) is 18.4. The Hall–Kier alpha value is -3.27. The third-order valence-electron chi connectivity index (χ3n) is 5.00. The molecule has 1 aromatic carbocycles. The lowest BCUT2D eigenvalue weighted by atomic mass is 9.91. The summed E-state index contributed by atoms with van der Waals surface area (Å²) in [7, 11) is 3.57. The van der Waals surface area contributed by atoms with Crippen LogP contribution in [0, 0.1) is 0 Å². The van der Waals surface area contributed by atoms with Gasteiger partial charge >= 0.3 is 5.69 Å². The van der Waals surface area contributed by atoms with E-state index in [9.17, 15) is 14.7 Å². The molecule has 0 aliphatic carbocycles. The average molecular weight is 388 g/mol. The summed E-state index contributed by atoms with van der Waals surface area (Å²) in [6.07, 6.45) is 2.09. The number of benzene rings is 1. The van der Waals surface area contributed by atoms with Crippen molar-refractivity contribution >= 4 is 6.21 Å². The molecule has 0 saturated heterocycles. The second-order valence-corrected chi connectivity index (χ2v) is 6.63. The first kappa shape index (κ1) is 18.1. The highest BCUT2D eigenvalue weighted by Gasteiger charge is 2.33. The van der Waals surface area contributed by atoms with Crippen LogP contribution in [0.5, 0.6) is 23.1 Å². The summed E-state index contributed by atoms with van der Waals surface area (Å²) in [6.45, 7) is 1.29. The zero-order valence-corrected chi connectivity index (χ0v) is 15.4. The number of likely N-dealkylation sites (N-methyl/N-ethyl adjacent to an activating group) is 1. The van der Waals surface area contributed by atoms with Gasteiger partial charge in [-0.25, -0.2) is 4.79 Å². The molecular weight excluding hydrogens is 368 g/mol. The van der Waals surface area contributed by atoms with Gasteiger partial charge in [0, 0.05) is 18.3 Å². The van der Waals surface area contributed by atoms with E-state index in [2.05, 4.69) is 19.9 Å². The van der Waals surface area contributed by atoms with Crippen LogP contribution in [0.2, 0.25) is 0 Å². The largest absolute Gasteiger partial charge is 0.494 e. The molecule has 0 fully saturated rings. The third kappa shape index (κ3) is 3.01. The topological polar surface area (TPSA) is 129 Å². The fourth-order valence-electron chi connectivity index (χ4n) is 3.60. The lowest BCUT2D eigenvalue weighted by molar-refractivity contribution is 0.170. The summed E-state index contributed by atoms with van der Waals surface area (Å²) >= 11 is 0.